The number of rotatable bonds is 4. The van der Waals surface area contributed by atoms with Crippen LogP contribution in [0.25, 0.3) is 0 Å². The van der Waals surface area contributed by atoms with E-state index in [2.05, 4.69) is 0 Å². The molecule has 0 radical (unpaired) electrons. The van der Waals surface area contributed by atoms with Crippen molar-refractivity contribution in [3.63, 3.8) is 0 Å². The third kappa shape index (κ3) is 2.90. The minimum absolute atomic E-state index is 0.174. The van der Waals surface area contributed by atoms with Crippen LogP contribution in [0.1, 0.15) is 17.2 Å². The van der Waals surface area contributed by atoms with Gasteiger partial charge in [-0.15, -0.1) is 0 Å². The first kappa shape index (κ1) is 12.4. The zero-order valence-electron chi connectivity index (χ0n) is 7.97. The molecule has 0 saturated heterocycles. The molecular formula is C10H13ClO4. The largest absolute Gasteiger partial charge is 0.394 e. The highest BCUT2D eigenvalue weighted by molar-refractivity contribution is 6.31. The van der Waals surface area contributed by atoms with Crippen LogP contribution in [0.15, 0.2) is 18.2 Å². The van der Waals surface area contributed by atoms with E-state index in [1.807, 2.05) is 0 Å². The van der Waals surface area contributed by atoms with Crippen molar-refractivity contribution in [2.45, 2.75) is 18.8 Å². The van der Waals surface area contributed by atoms with Gasteiger partial charge < -0.3 is 20.4 Å². The number of aliphatic hydroxyl groups excluding tert-OH is 4. The summed E-state index contributed by atoms with van der Waals surface area (Å²) in [6.45, 7) is -0.729. The second-order valence-corrected chi connectivity index (χ2v) is 3.62. The molecule has 4 nitrogen and oxygen atoms in total. The molecule has 2 unspecified atom stereocenters. The first-order valence-corrected chi connectivity index (χ1v) is 4.84. The van der Waals surface area contributed by atoms with Crippen LogP contribution in [0.5, 0.6) is 0 Å². The first-order chi connectivity index (χ1) is 7.10. The Hall–Kier alpha value is -0.650. The molecule has 0 saturated carbocycles. The zero-order chi connectivity index (χ0) is 11.4. The van der Waals surface area contributed by atoms with Gasteiger partial charge in [0.05, 0.1) is 13.2 Å². The molecule has 1 rings (SSSR count). The fraction of sp³-hybridized carbons (Fsp3) is 0.400. The smallest absolute Gasteiger partial charge is 0.109 e. The molecule has 15 heavy (non-hydrogen) atoms. The molecule has 5 heteroatoms. The molecule has 84 valence electrons. The van der Waals surface area contributed by atoms with Crippen LogP contribution in [0, 0.1) is 0 Å². The van der Waals surface area contributed by atoms with Gasteiger partial charge in [0, 0.05) is 10.6 Å². The predicted molar refractivity (Wildman–Crippen MR) is 55.4 cm³/mol. The van der Waals surface area contributed by atoms with E-state index in [1.54, 1.807) is 6.07 Å². The molecular weight excluding hydrogens is 220 g/mol. The normalized spacial score (nSPS) is 15.0. The van der Waals surface area contributed by atoms with E-state index < -0.39 is 18.8 Å². The topological polar surface area (TPSA) is 80.9 Å². The van der Waals surface area contributed by atoms with E-state index in [9.17, 15) is 10.2 Å². The van der Waals surface area contributed by atoms with Gasteiger partial charge in [0.15, 0.2) is 0 Å². The molecule has 4 N–H and O–H groups in total. The van der Waals surface area contributed by atoms with Crippen LogP contribution in [-0.2, 0) is 6.61 Å². The van der Waals surface area contributed by atoms with Crippen LogP contribution >= 0.6 is 11.6 Å². The molecule has 2 atom stereocenters. The van der Waals surface area contributed by atoms with Crippen molar-refractivity contribution < 1.29 is 20.4 Å². The number of hydrogen-bond donors (Lipinski definition) is 4. The highest BCUT2D eigenvalue weighted by Gasteiger charge is 2.20. The lowest BCUT2D eigenvalue weighted by Crippen LogP contribution is -2.22. The van der Waals surface area contributed by atoms with Crippen molar-refractivity contribution in [1.82, 2.24) is 0 Å². The van der Waals surface area contributed by atoms with Crippen molar-refractivity contribution in [3.8, 4) is 0 Å². The summed E-state index contributed by atoms with van der Waals surface area (Å²) in [6, 6.07) is 4.63. The maximum Gasteiger partial charge on any atom is 0.109 e. The SMILES string of the molecule is OCc1ccc(Cl)c(C(O)C(O)CO)c1. The first-order valence-electron chi connectivity index (χ1n) is 4.46. The van der Waals surface area contributed by atoms with E-state index in [-0.39, 0.29) is 11.6 Å². The fourth-order valence-electron chi connectivity index (χ4n) is 1.23. The number of hydrogen-bond acceptors (Lipinski definition) is 4. The van der Waals surface area contributed by atoms with Gasteiger partial charge in [-0.1, -0.05) is 17.7 Å². The molecule has 0 aliphatic rings. The Balaban J connectivity index is 3.01. The Kier molecular flexibility index (Phi) is 4.50. The Morgan fingerprint density at radius 2 is 1.87 bits per heavy atom. The van der Waals surface area contributed by atoms with Crippen molar-refractivity contribution in [2.24, 2.45) is 0 Å². The van der Waals surface area contributed by atoms with Gasteiger partial charge in [-0.05, 0) is 17.7 Å². The predicted octanol–water partition coefficient (Wildman–Crippen LogP) is 0.219. The third-order valence-electron chi connectivity index (χ3n) is 2.11. The van der Waals surface area contributed by atoms with Gasteiger partial charge in [0.1, 0.15) is 12.2 Å². The second-order valence-electron chi connectivity index (χ2n) is 3.21. The molecule has 0 aromatic heterocycles. The summed E-state index contributed by atoms with van der Waals surface area (Å²) < 4.78 is 0. The minimum atomic E-state index is -1.28. The Bertz CT molecular complexity index is 329. The molecule has 0 heterocycles. The lowest BCUT2D eigenvalue weighted by atomic mass is 10.0. The maximum absolute atomic E-state index is 9.61. The summed E-state index contributed by atoms with van der Waals surface area (Å²) in [5.74, 6) is 0. The van der Waals surface area contributed by atoms with E-state index in [0.29, 0.717) is 11.1 Å². The summed E-state index contributed by atoms with van der Waals surface area (Å²) in [5.41, 5.74) is 0.878. The number of halogens is 1. The van der Waals surface area contributed by atoms with Gasteiger partial charge in [0.2, 0.25) is 0 Å². The van der Waals surface area contributed by atoms with Crippen molar-refractivity contribution >= 4 is 11.6 Å². The van der Waals surface area contributed by atoms with Crippen molar-refractivity contribution in [3.05, 3.63) is 34.3 Å². The summed E-state index contributed by atoms with van der Waals surface area (Å²) in [7, 11) is 0. The lowest BCUT2D eigenvalue weighted by molar-refractivity contribution is -0.0152. The van der Waals surface area contributed by atoms with Gasteiger partial charge in [-0.3, -0.25) is 0 Å². The quantitative estimate of drug-likeness (QED) is 0.599. The molecule has 0 fully saturated rings. The van der Waals surface area contributed by atoms with E-state index in [4.69, 9.17) is 21.8 Å². The van der Waals surface area contributed by atoms with Gasteiger partial charge in [-0.25, -0.2) is 0 Å². The van der Waals surface area contributed by atoms with Crippen LogP contribution in [0.2, 0.25) is 5.02 Å². The number of aliphatic hydroxyl groups is 4. The molecule has 0 amide bonds. The highest BCUT2D eigenvalue weighted by atomic mass is 35.5. The monoisotopic (exact) mass is 232 g/mol. The van der Waals surface area contributed by atoms with Crippen LogP contribution in [0.4, 0.5) is 0 Å². The Morgan fingerprint density at radius 3 is 2.40 bits per heavy atom. The highest BCUT2D eigenvalue weighted by Crippen LogP contribution is 2.26. The lowest BCUT2D eigenvalue weighted by Gasteiger charge is -2.17. The summed E-state index contributed by atoms with van der Waals surface area (Å²) in [6.07, 6.45) is -2.54. The molecule has 1 aromatic carbocycles. The van der Waals surface area contributed by atoms with Crippen molar-refractivity contribution in [1.29, 1.82) is 0 Å². The van der Waals surface area contributed by atoms with Gasteiger partial charge in [-0.2, -0.15) is 0 Å². The van der Waals surface area contributed by atoms with Crippen LogP contribution < -0.4 is 0 Å². The molecule has 1 aromatic rings. The molecule has 0 bridgehead atoms. The fourth-order valence-corrected chi connectivity index (χ4v) is 1.45. The molecule has 0 spiro atoms. The second kappa shape index (κ2) is 5.44. The minimum Gasteiger partial charge on any atom is -0.394 e. The van der Waals surface area contributed by atoms with Crippen molar-refractivity contribution in [2.75, 3.05) is 6.61 Å². The summed E-state index contributed by atoms with van der Waals surface area (Å²) in [4.78, 5) is 0. The third-order valence-corrected chi connectivity index (χ3v) is 2.46. The average Bonchev–Trinajstić information content (AvgIpc) is 2.27. The Morgan fingerprint density at radius 1 is 1.20 bits per heavy atom. The van der Waals surface area contributed by atoms with E-state index >= 15 is 0 Å². The summed E-state index contributed by atoms with van der Waals surface area (Å²) in [5, 5.41) is 36.7. The van der Waals surface area contributed by atoms with Gasteiger partial charge >= 0.3 is 0 Å². The van der Waals surface area contributed by atoms with Crippen LogP contribution in [-0.4, -0.2) is 33.1 Å². The van der Waals surface area contributed by atoms with Gasteiger partial charge in [0.25, 0.3) is 0 Å². The van der Waals surface area contributed by atoms with Crippen LogP contribution in [0.3, 0.4) is 0 Å². The average molecular weight is 233 g/mol. The van der Waals surface area contributed by atoms with E-state index in [1.165, 1.54) is 12.1 Å². The molecule has 0 aliphatic heterocycles. The molecule has 0 aliphatic carbocycles. The summed E-state index contributed by atoms with van der Waals surface area (Å²) >= 11 is 5.81. The standard InChI is InChI=1S/C10H13ClO4/c11-8-2-1-6(4-12)3-7(8)10(15)9(14)5-13/h1-3,9-10,12-15H,4-5H2. The Labute approximate surface area is 92.4 Å². The number of benzene rings is 1. The maximum atomic E-state index is 9.61. The zero-order valence-corrected chi connectivity index (χ0v) is 8.72. The van der Waals surface area contributed by atoms with E-state index in [0.717, 1.165) is 0 Å².